The lowest BCUT2D eigenvalue weighted by atomic mass is 10.1. The largest absolute Gasteiger partial charge is 0.493 e. The molecule has 1 saturated heterocycles. The molecule has 2 aliphatic rings. The zero-order valence-electron chi connectivity index (χ0n) is 17.2. The van der Waals surface area contributed by atoms with Gasteiger partial charge in [0, 0.05) is 24.2 Å². The molecule has 0 unspecified atom stereocenters. The summed E-state index contributed by atoms with van der Waals surface area (Å²) in [4.78, 5) is 27.2. The molecule has 4 rings (SSSR count). The van der Waals surface area contributed by atoms with Crippen molar-refractivity contribution in [2.24, 2.45) is 0 Å². The fourth-order valence-corrected chi connectivity index (χ4v) is 3.80. The molecule has 2 aliphatic heterocycles. The molecule has 2 heterocycles. The van der Waals surface area contributed by atoms with Crippen LogP contribution in [0.4, 0.5) is 5.69 Å². The molecule has 0 atom stereocenters. The topological polar surface area (TPSA) is 77.1 Å². The van der Waals surface area contributed by atoms with Crippen molar-refractivity contribution in [2.45, 2.75) is 12.8 Å². The van der Waals surface area contributed by atoms with Gasteiger partial charge in [0.2, 0.25) is 11.7 Å². The number of benzene rings is 2. The van der Waals surface area contributed by atoms with Crippen LogP contribution in [-0.2, 0) is 4.79 Å². The Morgan fingerprint density at radius 2 is 1.90 bits per heavy atom. The van der Waals surface area contributed by atoms with Crippen LogP contribution in [0.25, 0.3) is 6.08 Å². The third-order valence-electron chi connectivity index (χ3n) is 5.14. The van der Waals surface area contributed by atoms with Crippen molar-refractivity contribution in [1.29, 1.82) is 0 Å². The maximum absolute atomic E-state index is 12.8. The number of carbonyl (C=O) groups excluding carboxylic acids is 2. The van der Waals surface area contributed by atoms with Gasteiger partial charge in [-0.2, -0.15) is 0 Å². The van der Waals surface area contributed by atoms with Gasteiger partial charge in [0.15, 0.2) is 11.5 Å². The molecule has 2 aromatic rings. The van der Waals surface area contributed by atoms with Crippen molar-refractivity contribution in [3.05, 3.63) is 52.6 Å². The van der Waals surface area contributed by atoms with Gasteiger partial charge in [-0.1, -0.05) is 11.6 Å². The summed E-state index contributed by atoms with van der Waals surface area (Å²) in [7, 11) is 1.55. The Bertz CT molecular complexity index is 1010. The highest BCUT2D eigenvalue weighted by Crippen LogP contribution is 2.40. The van der Waals surface area contributed by atoms with Gasteiger partial charge in [-0.05, 0) is 54.8 Å². The van der Waals surface area contributed by atoms with Crippen LogP contribution in [-0.4, -0.2) is 50.1 Å². The summed E-state index contributed by atoms with van der Waals surface area (Å²) in [5.41, 5.74) is 1.54. The summed E-state index contributed by atoms with van der Waals surface area (Å²) in [5, 5.41) is 3.23. The van der Waals surface area contributed by atoms with Crippen LogP contribution in [0, 0.1) is 0 Å². The summed E-state index contributed by atoms with van der Waals surface area (Å²) in [6, 6.07) is 8.43. The highest BCUT2D eigenvalue weighted by molar-refractivity contribution is 6.31. The second-order valence-electron chi connectivity index (χ2n) is 7.26. The summed E-state index contributed by atoms with van der Waals surface area (Å²) < 4.78 is 16.6. The molecule has 0 spiro atoms. The van der Waals surface area contributed by atoms with E-state index in [9.17, 15) is 9.59 Å². The van der Waals surface area contributed by atoms with Crippen molar-refractivity contribution >= 4 is 35.2 Å². The quantitative estimate of drug-likeness (QED) is 0.708. The summed E-state index contributed by atoms with van der Waals surface area (Å²) in [6.45, 7) is 2.34. The van der Waals surface area contributed by atoms with Crippen molar-refractivity contribution in [1.82, 2.24) is 4.90 Å². The van der Waals surface area contributed by atoms with Gasteiger partial charge in [-0.15, -0.1) is 0 Å². The Morgan fingerprint density at radius 3 is 2.68 bits per heavy atom. The number of methoxy groups -OCH3 is 1. The number of nitrogens with zero attached hydrogens (tertiary/aromatic N) is 1. The number of amides is 2. The number of ether oxygens (including phenoxy) is 3. The third-order valence-corrected chi connectivity index (χ3v) is 5.38. The second-order valence-corrected chi connectivity index (χ2v) is 7.70. The fourth-order valence-electron chi connectivity index (χ4n) is 3.63. The first-order chi connectivity index (χ1) is 15.0. The molecule has 0 radical (unpaired) electrons. The Balaban J connectivity index is 1.52. The van der Waals surface area contributed by atoms with Gasteiger partial charge < -0.3 is 24.4 Å². The molecule has 0 bridgehead atoms. The number of hydrogen-bond acceptors (Lipinski definition) is 5. The standard InChI is InChI=1S/C23H23ClN2O5/c1-29-19-12-15(13-20-22(19)31-11-10-30-20)4-7-21(27)25-18-6-5-16(24)14-17(18)23(28)26-8-2-3-9-26/h4-7,12-14H,2-3,8-11H2,1H3,(H,25,27)/b7-4+. The van der Waals surface area contributed by atoms with E-state index in [1.54, 1.807) is 48.4 Å². The maximum Gasteiger partial charge on any atom is 0.256 e. The average molecular weight is 443 g/mol. The molecule has 162 valence electrons. The first-order valence-corrected chi connectivity index (χ1v) is 10.5. The number of hydrogen-bond donors (Lipinski definition) is 1. The minimum absolute atomic E-state index is 0.129. The van der Waals surface area contributed by atoms with Crippen molar-refractivity contribution in [3.8, 4) is 17.2 Å². The van der Waals surface area contributed by atoms with Crippen molar-refractivity contribution < 1.29 is 23.8 Å². The van der Waals surface area contributed by atoms with Crippen molar-refractivity contribution in [2.75, 3.05) is 38.7 Å². The minimum Gasteiger partial charge on any atom is -0.493 e. The lowest BCUT2D eigenvalue weighted by molar-refractivity contribution is -0.111. The summed E-state index contributed by atoms with van der Waals surface area (Å²) in [5.74, 6) is 1.17. The number of fused-ring (bicyclic) bond motifs is 1. The van der Waals surface area contributed by atoms with Crippen LogP contribution in [0.5, 0.6) is 17.2 Å². The predicted octanol–water partition coefficient (Wildman–Crippen LogP) is 4.01. The molecule has 1 N–H and O–H groups in total. The Labute approximate surface area is 185 Å². The molecule has 2 aromatic carbocycles. The first kappa shape index (κ1) is 21.1. The lowest BCUT2D eigenvalue weighted by Crippen LogP contribution is -2.28. The van der Waals surface area contributed by atoms with E-state index in [2.05, 4.69) is 5.32 Å². The van der Waals surface area contributed by atoms with Crippen molar-refractivity contribution in [3.63, 3.8) is 0 Å². The molecule has 7 nitrogen and oxygen atoms in total. The van der Waals surface area contributed by atoms with Gasteiger partial charge in [-0.3, -0.25) is 9.59 Å². The van der Waals surface area contributed by atoms with Gasteiger partial charge >= 0.3 is 0 Å². The van der Waals surface area contributed by atoms with Crippen LogP contribution in [0.15, 0.2) is 36.4 Å². The molecule has 0 saturated carbocycles. The zero-order chi connectivity index (χ0) is 21.8. The third kappa shape index (κ3) is 4.77. The normalized spacial score (nSPS) is 15.2. The molecule has 2 amide bonds. The molecular formula is C23H23ClN2O5. The number of nitrogens with one attached hydrogen (secondary N) is 1. The Kier molecular flexibility index (Phi) is 6.32. The average Bonchev–Trinajstić information content (AvgIpc) is 3.33. The minimum atomic E-state index is -0.369. The van der Waals surface area contributed by atoms with Crippen LogP contribution < -0.4 is 19.5 Å². The van der Waals surface area contributed by atoms with E-state index in [0.29, 0.717) is 59.8 Å². The fraction of sp³-hybridized carbons (Fsp3) is 0.304. The monoisotopic (exact) mass is 442 g/mol. The maximum atomic E-state index is 12.8. The number of anilines is 1. The summed E-state index contributed by atoms with van der Waals surface area (Å²) in [6.07, 6.45) is 5.00. The van der Waals surface area contributed by atoms with Crippen LogP contribution in [0.1, 0.15) is 28.8 Å². The van der Waals surface area contributed by atoms with E-state index in [4.69, 9.17) is 25.8 Å². The van der Waals surface area contributed by atoms with E-state index in [-0.39, 0.29) is 11.8 Å². The Hall–Kier alpha value is -3.19. The van der Waals surface area contributed by atoms with E-state index in [1.807, 2.05) is 0 Å². The highest BCUT2D eigenvalue weighted by atomic mass is 35.5. The summed E-state index contributed by atoms with van der Waals surface area (Å²) >= 11 is 6.10. The number of carbonyl (C=O) groups is 2. The SMILES string of the molecule is COc1cc(/C=C/C(=O)Nc2ccc(Cl)cc2C(=O)N2CCCC2)cc2c1OCCO2. The van der Waals surface area contributed by atoms with Gasteiger partial charge in [0.05, 0.1) is 18.4 Å². The van der Waals surface area contributed by atoms with Crippen LogP contribution in [0.3, 0.4) is 0 Å². The predicted molar refractivity (Wildman–Crippen MR) is 118 cm³/mol. The second kappa shape index (κ2) is 9.31. The number of rotatable bonds is 5. The number of halogens is 1. The molecule has 31 heavy (non-hydrogen) atoms. The van der Waals surface area contributed by atoms with E-state index in [1.165, 1.54) is 6.08 Å². The highest BCUT2D eigenvalue weighted by Gasteiger charge is 2.23. The molecule has 8 heteroatoms. The van der Waals surface area contributed by atoms with Crippen LogP contribution in [0.2, 0.25) is 5.02 Å². The first-order valence-electron chi connectivity index (χ1n) is 10.1. The Morgan fingerprint density at radius 1 is 1.13 bits per heavy atom. The smallest absolute Gasteiger partial charge is 0.256 e. The van der Waals surface area contributed by atoms with Crippen LogP contribution >= 0.6 is 11.6 Å². The van der Waals surface area contributed by atoms with E-state index >= 15 is 0 Å². The zero-order valence-corrected chi connectivity index (χ0v) is 17.9. The molecule has 1 fully saturated rings. The number of likely N-dealkylation sites (tertiary alicyclic amines) is 1. The molecule has 0 aliphatic carbocycles. The van der Waals surface area contributed by atoms with E-state index < -0.39 is 0 Å². The molecule has 0 aromatic heterocycles. The van der Waals surface area contributed by atoms with Gasteiger partial charge in [-0.25, -0.2) is 0 Å². The van der Waals surface area contributed by atoms with E-state index in [0.717, 1.165) is 18.4 Å². The van der Waals surface area contributed by atoms with Gasteiger partial charge in [0.1, 0.15) is 13.2 Å². The lowest BCUT2D eigenvalue weighted by Gasteiger charge is -2.21. The van der Waals surface area contributed by atoms with Gasteiger partial charge in [0.25, 0.3) is 5.91 Å². The molecular weight excluding hydrogens is 420 g/mol.